The molecule has 0 N–H and O–H groups in total. The average Bonchev–Trinajstić information content (AvgIpc) is 3.19. The van der Waals surface area contributed by atoms with Gasteiger partial charge in [0.2, 0.25) is 0 Å². The van der Waals surface area contributed by atoms with Crippen molar-refractivity contribution in [2.24, 2.45) is 0 Å². The van der Waals surface area contributed by atoms with Crippen LogP contribution in [0.1, 0.15) is 159 Å². The molecule has 324 valence electrons. The molecule has 6 heterocycles. The summed E-state index contributed by atoms with van der Waals surface area (Å²) in [6.45, 7) is 37.6. The zero-order chi connectivity index (χ0) is 45.7. The molecule has 0 aliphatic rings. The highest BCUT2D eigenvalue weighted by atomic mass is 15.3. The van der Waals surface area contributed by atoms with Gasteiger partial charge in [-0.15, -0.1) is 35.7 Å². The molecule has 0 spiro atoms. The summed E-state index contributed by atoms with van der Waals surface area (Å²) >= 11 is 0. The molecule has 0 amide bonds. The molecule has 60 heavy (non-hydrogen) atoms. The average molecular weight is 823 g/mol. The molecule has 0 radical (unpaired) electrons. The van der Waals surface area contributed by atoms with Crippen LogP contribution >= 0.6 is 0 Å². The highest BCUT2D eigenvalue weighted by molar-refractivity contribution is 5.13. The third kappa shape index (κ3) is 22.3. The molecule has 6 rings (SSSR count). The third-order valence-corrected chi connectivity index (χ3v) is 7.46. The van der Waals surface area contributed by atoms with Gasteiger partial charge in [-0.3, -0.25) is 0 Å². The lowest BCUT2D eigenvalue weighted by molar-refractivity contribution is 0.533. The van der Waals surface area contributed by atoms with Gasteiger partial charge in [0.1, 0.15) is 31.1 Å². The maximum Gasteiger partial charge on any atom is 0.156 e. The Morgan fingerprint density at radius 2 is 0.900 bits per heavy atom. The first-order valence-corrected chi connectivity index (χ1v) is 19.4. The minimum atomic E-state index is 0.00819. The molecule has 0 aromatic carbocycles. The highest BCUT2D eigenvalue weighted by Crippen LogP contribution is 2.20. The van der Waals surface area contributed by atoms with Crippen molar-refractivity contribution >= 4 is 0 Å². The van der Waals surface area contributed by atoms with Crippen LogP contribution in [0.4, 0.5) is 0 Å². The molecule has 0 saturated carbocycles. The first kappa shape index (κ1) is 52.1. The van der Waals surface area contributed by atoms with Gasteiger partial charge < -0.3 is 0 Å². The van der Waals surface area contributed by atoms with Crippen LogP contribution in [0.25, 0.3) is 0 Å². The lowest BCUT2D eigenvalue weighted by atomic mass is 9.90. The molecule has 0 aliphatic heterocycles. The molecule has 6 aromatic heterocycles. The van der Waals surface area contributed by atoms with Crippen molar-refractivity contribution < 1.29 is 0 Å². The number of aromatic nitrogens is 18. The predicted octanol–water partition coefficient (Wildman–Crippen LogP) is 7.01. The third-order valence-electron chi connectivity index (χ3n) is 7.46. The summed E-state index contributed by atoms with van der Waals surface area (Å²) in [6.07, 6.45) is 17.8. The van der Waals surface area contributed by atoms with Gasteiger partial charge in [0.25, 0.3) is 0 Å². The molecule has 0 unspecified atom stereocenters. The fourth-order valence-corrected chi connectivity index (χ4v) is 3.70. The maximum absolute atomic E-state index is 4.08. The first-order valence-electron chi connectivity index (χ1n) is 19.4. The van der Waals surface area contributed by atoms with Crippen molar-refractivity contribution in [3.63, 3.8) is 0 Å². The summed E-state index contributed by atoms with van der Waals surface area (Å²) in [4.78, 5) is 23.8. The van der Waals surface area contributed by atoms with E-state index in [1.54, 1.807) is 43.4 Å². The smallest absolute Gasteiger partial charge is 0.156 e. The number of hydrogen-bond acceptors (Lipinski definition) is 18. The van der Waals surface area contributed by atoms with E-state index in [4.69, 9.17) is 0 Å². The van der Waals surface area contributed by atoms with Crippen LogP contribution in [0, 0.1) is 0 Å². The van der Waals surface area contributed by atoms with E-state index < -0.39 is 0 Å². The molecule has 0 saturated heterocycles. The Kier molecular flexibility index (Phi) is 20.5. The van der Waals surface area contributed by atoms with Crippen molar-refractivity contribution in [3.8, 4) is 0 Å². The van der Waals surface area contributed by atoms with E-state index in [0.29, 0.717) is 0 Å². The number of hydrogen-bond donors (Lipinski definition) is 0. The summed E-state index contributed by atoms with van der Waals surface area (Å²) in [7, 11) is 0. The second-order valence-corrected chi connectivity index (χ2v) is 19.5. The van der Waals surface area contributed by atoms with Gasteiger partial charge >= 0.3 is 0 Å². The molecule has 0 bridgehead atoms. The zero-order valence-corrected chi connectivity index (χ0v) is 39.0. The maximum atomic E-state index is 4.08. The van der Waals surface area contributed by atoms with Gasteiger partial charge in [0, 0.05) is 33.3 Å². The van der Waals surface area contributed by atoms with Gasteiger partial charge in [-0.25, -0.2) is 29.9 Å². The van der Waals surface area contributed by atoms with Crippen LogP contribution in [0.15, 0.2) is 74.8 Å². The van der Waals surface area contributed by atoms with Crippen molar-refractivity contribution in [1.82, 2.24) is 91.3 Å². The summed E-state index contributed by atoms with van der Waals surface area (Å²) in [6, 6.07) is 1.88. The molecule has 18 nitrogen and oxygen atoms in total. The summed E-state index contributed by atoms with van der Waals surface area (Å²) in [5.74, 6) is 1.62. The molecule has 0 fully saturated rings. The number of nitrogens with zero attached hydrogens (tertiary/aromatic N) is 18. The van der Waals surface area contributed by atoms with Crippen LogP contribution in [0.3, 0.4) is 0 Å². The Balaban J connectivity index is 0.000000360. The normalized spacial score (nSPS) is 11.5. The Morgan fingerprint density at radius 1 is 0.317 bits per heavy atom. The second kappa shape index (κ2) is 23.6. The van der Waals surface area contributed by atoms with Crippen LogP contribution in [0.5, 0.6) is 0 Å². The van der Waals surface area contributed by atoms with Crippen LogP contribution in [-0.2, 0) is 32.5 Å². The SMILES string of the molecule is CC(C)(C)c1ccnnn1.CC(C)(C)c1cncnn1.CC(C)(C)c1cnncn1.CC(C)(C)c1cnnnc1.CC(C)(C)c1nccnn1.CC(C)(C)c1ncncn1. The van der Waals surface area contributed by atoms with E-state index in [9.17, 15) is 0 Å². The van der Waals surface area contributed by atoms with Crippen LogP contribution in [0.2, 0.25) is 0 Å². The van der Waals surface area contributed by atoms with Crippen LogP contribution < -0.4 is 0 Å². The monoisotopic (exact) mass is 823 g/mol. The quantitative estimate of drug-likeness (QED) is 0.150. The van der Waals surface area contributed by atoms with E-state index in [-0.39, 0.29) is 32.5 Å². The minimum Gasteiger partial charge on any atom is -0.241 e. The Morgan fingerprint density at radius 3 is 1.20 bits per heavy atom. The lowest BCUT2D eigenvalue weighted by Crippen LogP contribution is -2.15. The molecule has 0 aliphatic carbocycles. The van der Waals surface area contributed by atoms with Crippen molar-refractivity contribution in [2.75, 3.05) is 0 Å². The van der Waals surface area contributed by atoms with E-state index in [1.165, 1.54) is 25.3 Å². The second-order valence-electron chi connectivity index (χ2n) is 19.5. The van der Waals surface area contributed by atoms with E-state index in [0.717, 1.165) is 34.3 Å². The van der Waals surface area contributed by atoms with Crippen molar-refractivity contribution in [1.29, 1.82) is 0 Å². The van der Waals surface area contributed by atoms with Gasteiger partial charge in [0.05, 0.1) is 54.3 Å². The zero-order valence-electron chi connectivity index (χ0n) is 39.0. The lowest BCUT2D eigenvalue weighted by Gasteiger charge is -2.16. The number of rotatable bonds is 0. The fraction of sp³-hybridized carbons (Fsp3) is 0.571. The van der Waals surface area contributed by atoms with E-state index in [2.05, 4.69) is 216 Å². The standard InChI is InChI=1S/6C7H11N3/c1-7(2,3)6-9-4-8-5-10-6;1-7(2,3)6-4-9-10-5-8-6;1-7(2,3)6-4-8-5-9-10-6;1-7(2,3)6-4-8-10-9-5-6;1-7(2,3)6-8-4-5-9-10-6;1-7(2,3)6-4-5-8-10-9-6/h6*4-5H,1-3H3. The summed E-state index contributed by atoms with van der Waals surface area (Å²) in [5.41, 5.74) is 4.37. The molecule has 0 atom stereocenters. The fourth-order valence-electron chi connectivity index (χ4n) is 3.70. The van der Waals surface area contributed by atoms with Gasteiger partial charge in [-0.2, -0.15) is 15.3 Å². The van der Waals surface area contributed by atoms with Crippen LogP contribution in [-0.4, -0.2) is 91.3 Å². The summed E-state index contributed by atoms with van der Waals surface area (Å²) < 4.78 is 0. The first-order chi connectivity index (χ1) is 27.6. The highest BCUT2D eigenvalue weighted by Gasteiger charge is 2.18. The molecular weight excluding hydrogens is 757 g/mol. The Bertz CT molecular complexity index is 1580. The molecule has 18 heteroatoms. The van der Waals surface area contributed by atoms with Crippen molar-refractivity contribution in [2.45, 2.75) is 157 Å². The van der Waals surface area contributed by atoms with Gasteiger partial charge in [0.15, 0.2) is 5.82 Å². The molecular formula is C42H66N18. The topological polar surface area (TPSA) is 232 Å². The Hall–Kier alpha value is -5.94. The predicted molar refractivity (Wildman–Crippen MR) is 231 cm³/mol. The Labute approximate surface area is 356 Å². The summed E-state index contributed by atoms with van der Waals surface area (Å²) in [5, 5.41) is 44.5. The van der Waals surface area contributed by atoms with E-state index in [1.807, 2.05) is 6.07 Å². The molecule has 6 aromatic rings. The van der Waals surface area contributed by atoms with Gasteiger partial charge in [-0.1, -0.05) is 125 Å². The van der Waals surface area contributed by atoms with Crippen molar-refractivity contribution in [3.05, 3.63) is 109 Å². The minimum absolute atomic E-state index is 0.00819. The largest absolute Gasteiger partial charge is 0.241 e. The van der Waals surface area contributed by atoms with Gasteiger partial charge in [-0.05, 0) is 27.5 Å². The van der Waals surface area contributed by atoms with E-state index >= 15 is 0 Å².